The van der Waals surface area contributed by atoms with E-state index in [0.717, 1.165) is 12.1 Å². The monoisotopic (exact) mass is 268 g/mol. The zero-order chi connectivity index (χ0) is 14.0. The van der Waals surface area contributed by atoms with Gasteiger partial charge in [0.2, 0.25) is 5.89 Å². The Labute approximate surface area is 106 Å². The van der Waals surface area contributed by atoms with Crippen LogP contribution in [0.25, 0.3) is 0 Å². The van der Waals surface area contributed by atoms with Crippen LogP contribution in [0.4, 0.5) is 14.5 Å². The minimum Gasteiger partial charge on any atom is -0.394 e. The number of carbonyl (C=O) groups excluding carboxylic acids is 1. The Bertz CT molecular complexity index is 604. The van der Waals surface area contributed by atoms with Crippen LogP contribution < -0.4 is 11.1 Å². The van der Waals surface area contributed by atoms with E-state index in [1.54, 1.807) is 6.92 Å². The van der Waals surface area contributed by atoms with E-state index in [-0.39, 0.29) is 18.0 Å². The molecule has 100 valence electrons. The average Bonchev–Trinajstić information content (AvgIpc) is 2.78. The first-order chi connectivity index (χ1) is 8.97. The van der Waals surface area contributed by atoms with Crippen LogP contribution in [0.3, 0.4) is 0 Å². The van der Waals surface area contributed by atoms with Crippen LogP contribution in [0, 0.1) is 18.6 Å². The summed E-state index contributed by atoms with van der Waals surface area (Å²) in [6.07, 6.45) is 0. The van der Waals surface area contributed by atoms with E-state index in [0.29, 0.717) is 5.82 Å². The highest BCUT2D eigenvalue weighted by molar-refractivity contribution is 5.94. The zero-order valence-corrected chi connectivity index (χ0v) is 9.91. The van der Waals surface area contributed by atoms with Gasteiger partial charge in [-0.2, -0.15) is 4.98 Å². The molecule has 0 atom stereocenters. The largest absolute Gasteiger partial charge is 0.394 e. The number of hydrogen-bond acceptors (Lipinski definition) is 5. The van der Waals surface area contributed by atoms with Gasteiger partial charge in [-0.05, 0) is 19.1 Å². The van der Waals surface area contributed by atoms with E-state index in [9.17, 15) is 13.6 Å². The Morgan fingerprint density at radius 3 is 2.58 bits per heavy atom. The highest BCUT2D eigenvalue weighted by atomic mass is 19.1. The van der Waals surface area contributed by atoms with E-state index in [1.165, 1.54) is 0 Å². The molecule has 0 radical (unpaired) electrons. The number of carbonyl (C=O) groups is 1. The number of hydrogen-bond donors (Lipinski definition) is 2. The quantitative estimate of drug-likeness (QED) is 0.815. The number of rotatable bonds is 3. The first kappa shape index (κ1) is 12.9. The van der Waals surface area contributed by atoms with Gasteiger partial charge in [0.05, 0.1) is 6.54 Å². The molecule has 0 aliphatic rings. The van der Waals surface area contributed by atoms with Crippen LogP contribution in [0.5, 0.6) is 0 Å². The number of nitrogens with zero attached hydrogens (tertiary/aromatic N) is 2. The van der Waals surface area contributed by atoms with Crippen molar-refractivity contribution in [3.8, 4) is 0 Å². The SMILES string of the molecule is Cc1noc(CNC(=O)c2cc(F)c(N)c(F)c2)n1. The van der Waals surface area contributed by atoms with Crippen molar-refractivity contribution in [2.45, 2.75) is 13.5 Å². The van der Waals surface area contributed by atoms with Gasteiger partial charge in [-0.25, -0.2) is 8.78 Å². The molecule has 0 saturated heterocycles. The van der Waals surface area contributed by atoms with Crippen LogP contribution >= 0.6 is 0 Å². The van der Waals surface area contributed by atoms with Crippen molar-refractivity contribution in [2.24, 2.45) is 0 Å². The van der Waals surface area contributed by atoms with Crippen molar-refractivity contribution < 1.29 is 18.1 Å². The molecule has 1 aromatic carbocycles. The summed E-state index contributed by atoms with van der Waals surface area (Å²) in [5.74, 6) is -2.03. The number of aromatic nitrogens is 2. The fourth-order valence-corrected chi connectivity index (χ4v) is 1.39. The van der Waals surface area contributed by atoms with Gasteiger partial charge in [0.1, 0.15) is 17.3 Å². The van der Waals surface area contributed by atoms with E-state index in [1.807, 2.05) is 0 Å². The van der Waals surface area contributed by atoms with Crippen molar-refractivity contribution in [1.82, 2.24) is 15.5 Å². The topological polar surface area (TPSA) is 94.0 Å². The molecule has 0 aliphatic carbocycles. The highest BCUT2D eigenvalue weighted by Gasteiger charge is 2.13. The molecule has 6 nitrogen and oxygen atoms in total. The molecule has 2 aromatic rings. The zero-order valence-electron chi connectivity index (χ0n) is 9.91. The Hall–Kier alpha value is -2.51. The first-order valence-electron chi connectivity index (χ1n) is 5.29. The van der Waals surface area contributed by atoms with E-state index in [2.05, 4.69) is 15.5 Å². The maximum absolute atomic E-state index is 13.2. The number of amides is 1. The lowest BCUT2D eigenvalue weighted by Gasteiger charge is -2.05. The number of anilines is 1. The van der Waals surface area contributed by atoms with Gasteiger partial charge in [0.25, 0.3) is 5.91 Å². The van der Waals surface area contributed by atoms with Crippen molar-refractivity contribution >= 4 is 11.6 Å². The van der Waals surface area contributed by atoms with Gasteiger partial charge in [-0.1, -0.05) is 5.16 Å². The fraction of sp³-hybridized carbons (Fsp3) is 0.182. The third kappa shape index (κ3) is 2.84. The highest BCUT2D eigenvalue weighted by Crippen LogP contribution is 2.17. The molecule has 0 unspecified atom stereocenters. The van der Waals surface area contributed by atoms with Crippen LogP contribution in [0.15, 0.2) is 16.7 Å². The molecule has 1 amide bonds. The minimum atomic E-state index is -0.987. The van der Waals surface area contributed by atoms with E-state index >= 15 is 0 Å². The fourth-order valence-electron chi connectivity index (χ4n) is 1.39. The summed E-state index contributed by atoms with van der Waals surface area (Å²) in [7, 11) is 0. The Balaban J connectivity index is 2.08. The molecule has 1 aromatic heterocycles. The van der Waals surface area contributed by atoms with Crippen LogP contribution in [0.1, 0.15) is 22.1 Å². The predicted octanol–water partition coefficient (Wildman–Crippen LogP) is 1.17. The summed E-state index contributed by atoms with van der Waals surface area (Å²) < 4.78 is 31.1. The number of benzene rings is 1. The van der Waals surface area contributed by atoms with Crippen LogP contribution in [-0.4, -0.2) is 16.0 Å². The Morgan fingerprint density at radius 2 is 2.05 bits per heavy atom. The van der Waals surface area contributed by atoms with Gasteiger partial charge in [-0.3, -0.25) is 4.79 Å². The molecular weight excluding hydrogens is 258 g/mol. The summed E-state index contributed by atoms with van der Waals surface area (Å²) in [5, 5.41) is 5.93. The summed E-state index contributed by atoms with van der Waals surface area (Å²) >= 11 is 0. The van der Waals surface area contributed by atoms with Gasteiger partial charge in [0, 0.05) is 5.56 Å². The summed E-state index contributed by atoms with van der Waals surface area (Å²) in [6.45, 7) is 1.59. The Morgan fingerprint density at radius 1 is 1.42 bits per heavy atom. The standard InChI is InChI=1S/C11H10F2N4O2/c1-5-16-9(19-17-5)4-15-11(18)6-2-7(12)10(14)8(13)3-6/h2-3H,4,14H2,1H3,(H,15,18). The van der Waals surface area contributed by atoms with E-state index in [4.69, 9.17) is 10.3 Å². The van der Waals surface area contributed by atoms with Gasteiger partial charge >= 0.3 is 0 Å². The second kappa shape index (κ2) is 5.01. The summed E-state index contributed by atoms with van der Waals surface area (Å²) in [5.41, 5.74) is 4.30. The third-order valence-corrected chi connectivity index (χ3v) is 2.31. The number of nitrogens with one attached hydrogen (secondary N) is 1. The van der Waals surface area contributed by atoms with Crippen LogP contribution in [-0.2, 0) is 6.54 Å². The predicted molar refractivity (Wildman–Crippen MR) is 61.0 cm³/mol. The second-order valence-corrected chi connectivity index (χ2v) is 3.77. The molecule has 0 aliphatic heterocycles. The summed E-state index contributed by atoms with van der Waals surface area (Å²) in [4.78, 5) is 15.5. The van der Waals surface area contributed by atoms with Gasteiger partial charge in [0.15, 0.2) is 5.82 Å². The molecule has 0 saturated carbocycles. The lowest BCUT2D eigenvalue weighted by atomic mass is 10.1. The summed E-state index contributed by atoms with van der Waals surface area (Å²) in [6, 6.07) is 1.71. The average molecular weight is 268 g/mol. The lowest BCUT2D eigenvalue weighted by Crippen LogP contribution is -2.23. The van der Waals surface area contributed by atoms with E-state index < -0.39 is 23.2 Å². The second-order valence-electron chi connectivity index (χ2n) is 3.77. The van der Waals surface area contributed by atoms with Gasteiger partial charge < -0.3 is 15.6 Å². The number of aryl methyl sites for hydroxylation is 1. The number of nitrogen functional groups attached to an aromatic ring is 1. The molecule has 8 heteroatoms. The number of halogens is 2. The molecule has 2 rings (SSSR count). The Kier molecular flexibility index (Phi) is 3.41. The number of nitrogens with two attached hydrogens (primary N) is 1. The van der Waals surface area contributed by atoms with Crippen molar-refractivity contribution in [1.29, 1.82) is 0 Å². The van der Waals surface area contributed by atoms with Crippen molar-refractivity contribution in [2.75, 3.05) is 5.73 Å². The maximum atomic E-state index is 13.2. The van der Waals surface area contributed by atoms with Crippen molar-refractivity contribution in [3.63, 3.8) is 0 Å². The molecule has 0 fully saturated rings. The molecule has 0 spiro atoms. The van der Waals surface area contributed by atoms with Crippen LogP contribution in [0.2, 0.25) is 0 Å². The molecule has 0 bridgehead atoms. The smallest absolute Gasteiger partial charge is 0.251 e. The van der Waals surface area contributed by atoms with Gasteiger partial charge in [-0.15, -0.1) is 0 Å². The van der Waals surface area contributed by atoms with Crippen molar-refractivity contribution in [3.05, 3.63) is 41.0 Å². The normalized spacial score (nSPS) is 10.5. The molecule has 19 heavy (non-hydrogen) atoms. The minimum absolute atomic E-state index is 0.0344. The lowest BCUT2D eigenvalue weighted by molar-refractivity contribution is 0.0945. The third-order valence-electron chi connectivity index (χ3n) is 2.31. The molecule has 1 heterocycles. The maximum Gasteiger partial charge on any atom is 0.251 e. The molecular formula is C11H10F2N4O2. The first-order valence-corrected chi connectivity index (χ1v) is 5.29. The molecule has 3 N–H and O–H groups in total.